The van der Waals surface area contributed by atoms with Crippen LogP contribution in [0.4, 0.5) is 14.6 Å². The zero-order valence-electron chi connectivity index (χ0n) is 7.38. The first-order valence-corrected chi connectivity index (χ1v) is 4.71. The fraction of sp³-hybridized carbons (Fsp3) is 0.250. The molecule has 0 aromatic carbocycles. The minimum Gasteiger partial charge on any atom is -0.478 e. The smallest absolute Gasteiger partial charge is 0.337 e. The summed E-state index contributed by atoms with van der Waals surface area (Å²) in [6, 6.07) is 1.29. The van der Waals surface area contributed by atoms with Gasteiger partial charge in [-0.25, -0.2) is 18.6 Å². The van der Waals surface area contributed by atoms with Crippen LogP contribution in [0.3, 0.4) is 0 Å². The summed E-state index contributed by atoms with van der Waals surface area (Å²) in [6.07, 6.45) is -1.39. The van der Waals surface area contributed by atoms with Gasteiger partial charge in [-0.05, 0) is 22.0 Å². The van der Waals surface area contributed by atoms with Crippen LogP contribution in [0.15, 0.2) is 16.7 Å². The van der Waals surface area contributed by atoms with Crippen LogP contribution in [0.5, 0.6) is 0 Å². The lowest BCUT2D eigenvalue weighted by molar-refractivity contribution is 0.0696. The van der Waals surface area contributed by atoms with E-state index in [9.17, 15) is 13.6 Å². The Morgan fingerprint density at radius 2 is 2.33 bits per heavy atom. The molecule has 0 aliphatic heterocycles. The molecule has 15 heavy (non-hydrogen) atoms. The van der Waals surface area contributed by atoms with Crippen molar-refractivity contribution in [1.82, 2.24) is 4.98 Å². The van der Waals surface area contributed by atoms with Gasteiger partial charge in [-0.15, -0.1) is 0 Å². The van der Waals surface area contributed by atoms with Crippen LogP contribution >= 0.6 is 15.9 Å². The highest BCUT2D eigenvalue weighted by atomic mass is 79.9. The normalized spacial score (nSPS) is 10.4. The number of halogens is 3. The highest BCUT2D eigenvalue weighted by molar-refractivity contribution is 9.10. The molecular formula is C8H7BrF2N2O2. The standard InChI is InChI=1S/C8H7BrF2N2O2/c9-5-1-4(8(14)15)2-12-7(5)13-3-6(10)11/h1-2,6H,3H2,(H,12,13)(H,14,15). The summed E-state index contributed by atoms with van der Waals surface area (Å²) in [4.78, 5) is 14.2. The largest absolute Gasteiger partial charge is 0.478 e. The van der Waals surface area contributed by atoms with Crippen molar-refractivity contribution >= 4 is 27.7 Å². The van der Waals surface area contributed by atoms with Crippen LogP contribution in [-0.2, 0) is 0 Å². The molecule has 0 amide bonds. The maximum absolute atomic E-state index is 11.9. The number of nitrogens with one attached hydrogen (secondary N) is 1. The van der Waals surface area contributed by atoms with Gasteiger partial charge in [0.1, 0.15) is 5.82 Å². The Morgan fingerprint density at radius 1 is 1.67 bits per heavy atom. The number of pyridine rings is 1. The van der Waals surface area contributed by atoms with Gasteiger partial charge in [-0.2, -0.15) is 0 Å². The number of hydrogen-bond donors (Lipinski definition) is 2. The second-order valence-electron chi connectivity index (χ2n) is 2.63. The van der Waals surface area contributed by atoms with Crippen LogP contribution in [0.1, 0.15) is 10.4 Å². The van der Waals surface area contributed by atoms with Gasteiger partial charge >= 0.3 is 5.97 Å². The summed E-state index contributed by atoms with van der Waals surface area (Å²) >= 11 is 3.03. The van der Waals surface area contributed by atoms with Gasteiger partial charge in [-0.3, -0.25) is 0 Å². The van der Waals surface area contributed by atoms with Crippen molar-refractivity contribution < 1.29 is 18.7 Å². The molecule has 0 saturated heterocycles. The third-order valence-corrected chi connectivity index (χ3v) is 2.12. The number of carboxylic acid groups (broad SMARTS) is 1. The number of anilines is 1. The molecule has 1 rings (SSSR count). The van der Waals surface area contributed by atoms with Crippen LogP contribution in [0.2, 0.25) is 0 Å². The lowest BCUT2D eigenvalue weighted by Gasteiger charge is -2.06. The molecule has 0 aliphatic rings. The summed E-state index contributed by atoms with van der Waals surface area (Å²) < 4.78 is 24.1. The maximum Gasteiger partial charge on any atom is 0.337 e. The number of nitrogens with zero attached hydrogens (tertiary/aromatic N) is 1. The van der Waals surface area contributed by atoms with Crippen LogP contribution in [0.25, 0.3) is 0 Å². The topological polar surface area (TPSA) is 62.2 Å². The molecule has 1 aromatic rings. The number of aromatic carboxylic acids is 1. The number of rotatable bonds is 4. The van der Waals surface area contributed by atoms with E-state index < -0.39 is 18.9 Å². The summed E-state index contributed by atoms with van der Waals surface area (Å²) in [6.45, 7) is -0.530. The summed E-state index contributed by atoms with van der Waals surface area (Å²) in [7, 11) is 0. The van der Waals surface area contributed by atoms with Gasteiger partial charge in [0.2, 0.25) is 0 Å². The van der Waals surface area contributed by atoms with E-state index in [-0.39, 0.29) is 11.4 Å². The minimum absolute atomic E-state index is 0.00975. The van der Waals surface area contributed by atoms with Crippen molar-refractivity contribution in [2.24, 2.45) is 0 Å². The Bertz CT molecular complexity index is 374. The van der Waals surface area contributed by atoms with Crippen molar-refractivity contribution in [2.75, 3.05) is 11.9 Å². The maximum atomic E-state index is 11.9. The van der Waals surface area contributed by atoms with E-state index in [2.05, 4.69) is 26.2 Å². The number of carbonyl (C=O) groups is 1. The van der Waals surface area contributed by atoms with Gasteiger partial charge in [0.15, 0.2) is 0 Å². The third-order valence-electron chi connectivity index (χ3n) is 1.51. The SMILES string of the molecule is O=C(O)c1cnc(NCC(F)F)c(Br)c1. The molecule has 1 heterocycles. The first kappa shape index (κ1) is 11.8. The van der Waals surface area contributed by atoms with E-state index in [4.69, 9.17) is 5.11 Å². The van der Waals surface area contributed by atoms with Gasteiger partial charge in [0, 0.05) is 6.20 Å². The van der Waals surface area contributed by atoms with Crippen LogP contribution < -0.4 is 5.32 Å². The van der Waals surface area contributed by atoms with Crippen molar-refractivity contribution in [3.05, 3.63) is 22.3 Å². The predicted molar refractivity (Wildman–Crippen MR) is 53.4 cm³/mol. The van der Waals surface area contributed by atoms with E-state index in [1.165, 1.54) is 6.07 Å². The third kappa shape index (κ3) is 3.43. The second-order valence-corrected chi connectivity index (χ2v) is 3.49. The molecule has 0 unspecified atom stereocenters. The lowest BCUT2D eigenvalue weighted by Crippen LogP contribution is -2.12. The number of aromatic nitrogens is 1. The average Bonchev–Trinajstić information content (AvgIpc) is 2.15. The first-order chi connectivity index (χ1) is 7.00. The molecule has 0 atom stereocenters. The molecule has 82 valence electrons. The van der Waals surface area contributed by atoms with E-state index in [1.807, 2.05) is 0 Å². The molecule has 7 heteroatoms. The van der Waals surface area contributed by atoms with Crippen LogP contribution in [0, 0.1) is 0 Å². The summed E-state index contributed by atoms with van der Waals surface area (Å²) in [5.74, 6) is -0.927. The minimum atomic E-state index is -2.49. The van der Waals surface area contributed by atoms with Crippen molar-refractivity contribution in [3.8, 4) is 0 Å². The Balaban J connectivity index is 2.79. The molecule has 0 radical (unpaired) electrons. The van der Waals surface area contributed by atoms with E-state index >= 15 is 0 Å². The number of hydrogen-bond acceptors (Lipinski definition) is 3. The van der Waals surface area contributed by atoms with Crippen molar-refractivity contribution in [1.29, 1.82) is 0 Å². The Labute approximate surface area is 92.5 Å². The highest BCUT2D eigenvalue weighted by Crippen LogP contribution is 2.20. The highest BCUT2D eigenvalue weighted by Gasteiger charge is 2.09. The monoisotopic (exact) mass is 280 g/mol. The molecule has 4 nitrogen and oxygen atoms in total. The zero-order valence-corrected chi connectivity index (χ0v) is 8.96. The molecule has 1 aromatic heterocycles. The molecule has 0 saturated carbocycles. The van der Waals surface area contributed by atoms with Crippen LogP contribution in [-0.4, -0.2) is 29.0 Å². The van der Waals surface area contributed by atoms with E-state index in [1.54, 1.807) is 0 Å². The fourth-order valence-corrected chi connectivity index (χ4v) is 1.35. The zero-order chi connectivity index (χ0) is 11.4. The predicted octanol–water partition coefficient (Wildman–Crippen LogP) is 2.22. The second kappa shape index (κ2) is 5.01. The van der Waals surface area contributed by atoms with Crippen molar-refractivity contribution in [2.45, 2.75) is 6.43 Å². The Hall–Kier alpha value is -1.24. The van der Waals surface area contributed by atoms with E-state index in [0.717, 1.165) is 6.20 Å². The molecule has 0 fully saturated rings. The molecule has 2 N–H and O–H groups in total. The number of carboxylic acids is 1. The van der Waals surface area contributed by atoms with Gasteiger partial charge in [0.05, 0.1) is 16.6 Å². The molecule has 0 spiro atoms. The van der Waals surface area contributed by atoms with Crippen molar-refractivity contribution in [3.63, 3.8) is 0 Å². The average molecular weight is 281 g/mol. The fourth-order valence-electron chi connectivity index (χ4n) is 0.859. The van der Waals surface area contributed by atoms with E-state index in [0.29, 0.717) is 4.47 Å². The molecule has 0 aliphatic carbocycles. The van der Waals surface area contributed by atoms with Gasteiger partial charge in [-0.1, -0.05) is 0 Å². The van der Waals surface area contributed by atoms with Gasteiger partial charge < -0.3 is 10.4 Å². The number of alkyl halides is 2. The first-order valence-electron chi connectivity index (χ1n) is 3.91. The summed E-state index contributed by atoms with van der Waals surface area (Å²) in [5, 5.41) is 11.0. The molecule has 0 bridgehead atoms. The van der Waals surface area contributed by atoms with Gasteiger partial charge in [0.25, 0.3) is 6.43 Å². The quantitative estimate of drug-likeness (QED) is 0.888. The Morgan fingerprint density at radius 3 is 2.80 bits per heavy atom. The Kier molecular flexibility index (Phi) is 3.96. The lowest BCUT2D eigenvalue weighted by atomic mass is 10.3. The molecular weight excluding hydrogens is 274 g/mol. The summed E-state index contributed by atoms with van der Waals surface area (Å²) in [5.41, 5.74) is -0.00975.